The Morgan fingerprint density at radius 2 is 1.38 bits per heavy atom. The average Bonchev–Trinajstić information content (AvgIpc) is 2.25. The maximum atomic E-state index is 13.7. The van der Waals surface area contributed by atoms with E-state index in [0.29, 0.717) is 0 Å². The van der Waals surface area contributed by atoms with E-state index >= 15 is 0 Å². The van der Waals surface area contributed by atoms with Crippen LogP contribution in [0.25, 0.3) is 0 Å². The fraction of sp³-hybridized carbons (Fsp3) is 0.500. The van der Waals surface area contributed by atoms with Crippen LogP contribution in [0.15, 0.2) is 24.3 Å². The molecule has 1 atom stereocenters. The van der Waals surface area contributed by atoms with E-state index in [1.165, 1.54) is 18.2 Å². The fourth-order valence-corrected chi connectivity index (χ4v) is 2.80. The Kier molecular flexibility index (Phi) is 4.89. The van der Waals surface area contributed by atoms with Gasteiger partial charge in [-0.05, 0) is 41.1 Å². The van der Waals surface area contributed by atoms with Gasteiger partial charge in [0.15, 0.2) is 0 Å². The van der Waals surface area contributed by atoms with E-state index in [1.54, 1.807) is 22.6 Å². The van der Waals surface area contributed by atoms with Crippen LogP contribution in [0.2, 0.25) is 0 Å². The minimum absolute atomic E-state index is 0.207. The summed E-state index contributed by atoms with van der Waals surface area (Å²) in [6.07, 6.45) is -14.5. The van der Waals surface area contributed by atoms with Crippen LogP contribution >= 0.6 is 22.6 Å². The molecule has 0 aliphatic heterocycles. The highest BCUT2D eigenvalue weighted by Gasteiger charge is 2.73. The second-order valence-corrected chi connectivity index (χ2v) is 5.89. The molecule has 0 radical (unpaired) electrons. The monoisotopic (exact) mass is 430 g/mol. The largest absolute Gasteiger partial charge is 0.431 e. The van der Waals surface area contributed by atoms with Crippen molar-refractivity contribution in [1.82, 2.24) is 0 Å². The molecular formula is C12H10F7IO. The maximum Gasteiger partial charge on any atom is 0.431 e. The molecule has 0 aliphatic rings. The molecule has 0 aliphatic carbocycles. The zero-order valence-electron chi connectivity index (χ0n) is 10.5. The number of benzene rings is 1. The molecule has 21 heavy (non-hydrogen) atoms. The molecule has 0 saturated heterocycles. The van der Waals surface area contributed by atoms with Crippen molar-refractivity contribution in [3.63, 3.8) is 0 Å². The maximum absolute atomic E-state index is 13.7. The second-order valence-electron chi connectivity index (χ2n) is 4.73. The number of halogens is 8. The molecular weight excluding hydrogens is 420 g/mol. The number of hydrogen-bond acceptors (Lipinski definition) is 1. The zero-order chi connectivity index (χ0) is 16.7. The zero-order valence-corrected chi connectivity index (χ0v) is 12.6. The lowest BCUT2D eigenvalue weighted by atomic mass is 9.83. The molecule has 0 spiro atoms. The first-order chi connectivity index (χ1) is 9.22. The highest BCUT2D eigenvalue weighted by molar-refractivity contribution is 14.1. The third-order valence-electron chi connectivity index (χ3n) is 2.94. The summed E-state index contributed by atoms with van der Waals surface area (Å²) in [5.41, 5.74) is -8.35. The molecule has 0 amide bonds. The summed E-state index contributed by atoms with van der Waals surface area (Å²) in [6, 6.07) is 5.34. The first-order valence-electron chi connectivity index (χ1n) is 5.52. The topological polar surface area (TPSA) is 20.2 Å². The van der Waals surface area contributed by atoms with E-state index in [-0.39, 0.29) is 9.13 Å². The Morgan fingerprint density at radius 1 is 0.952 bits per heavy atom. The molecule has 1 aromatic carbocycles. The minimum atomic E-state index is -6.19. The van der Waals surface area contributed by atoms with E-state index in [1.807, 2.05) is 0 Å². The second kappa shape index (κ2) is 5.56. The lowest BCUT2D eigenvalue weighted by Crippen LogP contribution is -2.56. The molecule has 0 bridgehead atoms. The third kappa shape index (κ3) is 3.61. The standard InChI is InChI=1S/C12H10F7IO/c1-9(21,7-4-2-3-5-8(7)20)6-10(13,11(14,15)16)12(17,18)19/h2-5,21H,6H2,1H3. The van der Waals surface area contributed by atoms with Crippen LogP contribution in [0.1, 0.15) is 18.9 Å². The van der Waals surface area contributed by atoms with Crippen LogP contribution in [-0.4, -0.2) is 23.1 Å². The first-order valence-corrected chi connectivity index (χ1v) is 6.60. The highest BCUT2D eigenvalue weighted by Crippen LogP contribution is 2.52. The Labute approximate surface area is 129 Å². The van der Waals surface area contributed by atoms with E-state index < -0.39 is 30.0 Å². The van der Waals surface area contributed by atoms with Crippen LogP contribution in [0.5, 0.6) is 0 Å². The Balaban J connectivity index is 3.30. The minimum Gasteiger partial charge on any atom is -0.385 e. The average molecular weight is 430 g/mol. The summed E-state index contributed by atoms with van der Waals surface area (Å²) in [5, 5.41) is 9.98. The Hall–Kier alpha value is -0.580. The normalized spacial score (nSPS) is 16.7. The van der Waals surface area contributed by atoms with Gasteiger partial charge in [0.2, 0.25) is 0 Å². The molecule has 1 nitrogen and oxygen atoms in total. The first kappa shape index (κ1) is 18.5. The predicted molar refractivity (Wildman–Crippen MR) is 69.3 cm³/mol. The summed E-state index contributed by atoms with van der Waals surface area (Å²) >= 11 is 1.63. The molecule has 1 rings (SSSR count). The van der Waals surface area contributed by atoms with Gasteiger partial charge in [-0.1, -0.05) is 18.2 Å². The van der Waals surface area contributed by atoms with Crippen LogP contribution < -0.4 is 0 Å². The van der Waals surface area contributed by atoms with Crippen LogP contribution in [0.3, 0.4) is 0 Å². The van der Waals surface area contributed by atoms with E-state index in [4.69, 9.17) is 0 Å². The molecule has 1 N–H and O–H groups in total. The highest BCUT2D eigenvalue weighted by atomic mass is 127. The fourth-order valence-electron chi connectivity index (χ4n) is 1.83. The molecule has 0 aromatic heterocycles. The van der Waals surface area contributed by atoms with Gasteiger partial charge in [0.25, 0.3) is 0 Å². The summed E-state index contributed by atoms with van der Waals surface area (Å²) < 4.78 is 89.2. The van der Waals surface area contributed by atoms with Crippen molar-refractivity contribution in [2.24, 2.45) is 0 Å². The van der Waals surface area contributed by atoms with Crippen molar-refractivity contribution in [2.45, 2.75) is 37.0 Å². The number of hydrogen-bond donors (Lipinski definition) is 1. The molecule has 1 aromatic rings. The van der Waals surface area contributed by atoms with Crippen molar-refractivity contribution >= 4 is 22.6 Å². The summed E-state index contributed by atoms with van der Waals surface area (Å²) in [7, 11) is 0. The van der Waals surface area contributed by atoms with Crippen molar-refractivity contribution < 1.29 is 35.8 Å². The quantitative estimate of drug-likeness (QED) is 0.544. The van der Waals surface area contributed by atoms with Gasteiger partial charge in [0.1, 0.15) is 0 Å². The van der Waals surface area contributed by atoms with Gasteiger partial charge >= 0.3 is 18.0 Å². The van der Waals surface area contributed by atoms with Gasteiger partial charge in [0.05, 0.1) is 5.60 Å². The Morgan fingerprint density at radius 3 is 1.76 bits per heavy atom. The van der Waals surface area contributed by atoms with E-state index in [0.717, 1.165) is 13.0 Å². The Bertz CT molecular complexity index is 493. The van der Waals surface area contributed by atoms with E-state index in [2.05, 4.69) is 0 Å². The van der Waals surface area contributed by atoms with Crippen molar-refractivity contribution in [1.29, 1.82) is 0 Å². The summed E-state index contributed by atoms with van der Waals surface area (Å²) in [6.45, 7) is 0.719. The molecule has 0 saturated carbocycles. The lowest BCUT2D eigenvalue weighted by molar-refractivity contribution is -0.352. The van der Waals surface area contributed by atoms with Gasteiger partial charge in [-0.25, -0.2) is 4.39 Å². The van der Waals surface area contributed by atoms with Gasteiger partial charge in [-0.3, -0.25) is 0 Å². The molecule has 1 unspecified atom stereocenters. The lowest BCUT2D eigenvalue weighted by Gasteiger charge is -2.36. The molecule has 0 fully saturated rings. The number of aliphatic hydroxyl groups is 1. The molecule has 9 heteroatoms. The number of alkyl halides is 7. The van der Waals surface area contributed by atoms with E-state index in [9.17, 15) is 35.8 Å². The van der Waals surface area contributed by atoms with Crippen molar-refractivity contribution in [3.8, 4) is 0 Å². The van der Waals surface area contributed by atoms with Crippen LogP contribution in [0.4, 0.5) is 30.7 Å². The van der Waals surface area contributed by atoms with Gasteiger partial charge in [0, 0.05) is 9.99 Å². The smallest absolute Gasteiger partial charge is 0.385 e. The SMILES string of the molecule is CC(O)(CC(F)(C(F)(F)F)C(F)(F)F)c1ccccc1I. The van der Waals surface area contributed by atoms with Crippen molar-refractivity contribution in [2.75, 3.05) is 0 Å². The van der Waals surface area contributed by atoms with Gasteiger partial charge < -0.3 is 5.11 Å². The molecule has 120 valence electrons. The van der Waals surface area contributed by atoms with Gasteiger partial charge in [-0.15, -0.1) is 0 Å². The van der Waals surface area contributed by atoms with Crippen LogP contribution in [0, 0.1) is 3.57 Å². The third-order valence-corrected chi connectivity index (χ3v) is 3.88. The molecule has 0 heterocycles. The predicted octanol–water partition coefficient (Wildman–Crippen LogP) is 4.72. The number of rotatable bonds is 3. The summed E-state index contributed by atoms with van der Waals surface area (Å²) in [5.74, 6) is 0. The van der Waals surface area contributed by atoms with Crippen LogP contribution in [-0.2, 0) is 5.60 Å². The van der Waals surface area contributed by atoms with Crippen molar-refractivity contribution in [3.05, 3.63) is 33.4 Å². The van der Waals surface area contributed by atoms with Gasteiger partial charge in [-0.2, -0.15) is 26.3 Å². The summed E-state index contributed by atoms with van der Waals surface area (Å²) in [4.78, 5) is 0.